The molecule has 4 bridgehead atoms. The molecular weight excluding hydrogens is 585 g/mol. The van der Waals surface area contributed by atoms with Crippen molar-refractivity contribution in [2.45, 2.75) is 114 Å². The van der Waals surface area contributed by atoms with E-state index in [4.69, 9.17) is 4.43 Å². The zero-order valence-electron chi connectivity index (χ0n) is 27.5. The molecule has 1 atom stereocenters. The van der Waals surface area contributed by atoms with Crippen LogP contribution in [0.3, 0.4) is 0 Å². The number of carbonyl (C=O) groups is 1. The average molecular weight is 635 g/mol. The van der Waals surface area contributed by atoms with Crippen molar-refractivity contribution in [3.8, 4) is 5.75 Å². The first kappa shape index (κ1) is 32.7. The molecule has 2 aromatic carbocycles. The van der Waals surface area contributed by atoms with E-state index in [-0.39, 0.29) is 22.1 Å². The minimum absolute atomic E-state index is 0.0661. The molecule has 1 unspecified atom stereocenters. The maximum absolute atomic E-state index is 14.0. The lowest BCUT2D eigenvalue weighted by molar-refractivity contribution is -0.131. The second kappa shape index (κ2) is 12.3. The number of benzene rings is 2. The van der Waals surface area contributed by atoms with E-state index in [1.165, 1.54) is 49.7 Å². The van der Waals surface area contributed by atoms with Crippen LogP contribution in [0.15, 0.2) is 65.1 Å². The molecule has 4 fully saturated rings. The van der Waals surface area contributed by atoms with Crippen molar-refractivity contribution in [3.05, 3.63) is 76.9 Å². The highest BCUT2D eigenvalue weighted by Crippen LogP contribution is 2.63. The van der Waals surface area contributed by atoms with E-state index in [1.54, 1.807) is 37.3 Å². The highest BCUT2D eigenvalue weighted by Gasteiger charge is 2.54. The maximum Gasteiger partial charge on any atom is 0.328 e. The number of carboxylic acids is 1. The molecular formula is C37H50O5SSi. The second-order valence-electron chi connectivity index (χ2n) is 15.3. The van der Waals surface area contributed by atoms with Gasteiger partial charge >= 0.3 is 5.97 Å². The summed E-state index contributed by atoms with van der Waals surface area (Å²) in [6, 6.07) is 12.9. The monoisotopic (exact) mass is 634 g/mol. The largest absolute Gasteiger partial charge is 0.546 e. The van der Waals surface area contributed by atoms with Gasteiger partial charge in [-0.05, 0) is 118 Å². The molecule has 2 aromatic rings. The summed E-state index contributed by atoms with van der Waals surface area (Å²) in [5.41, 5.74) is 5.11. The molecule has 5 nitrogen and oxygen atoms in total. The average Bonchev–Trinajstić information content (AvgIpc) is 2.90. The number of allylic oxidation sites excluding steroid dienone is 2. The standard InChI is InChI=1S/C37H50O5SSi/c1-24(16-33(38)39)15-30(43(40,41)29-11-9-8-10-12-29)17-25(2)31-13-14-32(36(3,4)5)34(35(31)42-44(6)7)37-21-26-18-27(22-37)20-28(19-26)23-37/h8-14,16-17,26-28,30,44H,15,18-23H2,1-7H3,(H,38,39). The SMILES string of the molecule is CC(=CC(=O)O)CC(C=C(C)c1ccc(C(C)(C)C)c(C23CC4CC(CC(C4)C2)C3)c1O[SiH](C)C)S(=O)(=O)c1ccccc1. The van der Waals surface area contributed by atoms with Crippen LogP contribution in [0.2, 0.25) is 13.1 Å². The predicted molar refractivity (Wildman–Crippen MR) is 182 cm³/mol. The Bertz CT molecular complexity index is 1530. The Morgan fingerprint density at radius 3 is 2.07 bits per heavy atom. The highest BCUT2D eigenvalue weighted by molar-refractivity contribution is 7.92. The third kappa shape index (κ3) is 6.64. The van der Waals surface area contributed by atoms with Crippen LogP contribution in [-0.2, 0) is 25.5 Å². The van der Waals surface area contributed by atoms with Crippen LogP contribution in [-0.4, -0.2) is 33.8 Å². The van der Waals surface area contributed by atoms with Gasteiger partial charge in [-0.1, -0.05) is 62.8 Å². The van der Waals surface area contributed by atoms with Gasteiger partial charge in [0.05, 0.1) is 10.1 Å². The molecule has 0 amide bonds. The Hall–Kier alpha value is -2.64. The zero-order chi connectivity index (χ0) is 32.0. The summed E-state index contributed by atoms with van der Waals surface area (Å²) in [5.74, 6) is 2.24. The molecule has 0 aromatic heterocycles. The summed E-state index contributed by atoms with van der Waals surface area (Å²) >= 11 is 0. The first-order chi connectivity index (χ1) is 20.6. The van der Waals surface area contributed by atoms with E-state index in [9.17, 15) is 18.3 Å². The Balaban J connectivity index is 1.70. The van der Waals surface area contributed by atoms with Gasteiger partial charge < -0.3 is 9.53 Å². The predicted octanol–water partition coefficient (Wildman–Crippen LogP) is 8.48. The van der Waals surface area contributed by atoms with Crippen molar-refractivity contribution in [3.63, 3.8) is 0 Å². The van der Waals surface area contributed by atoms with Crippen LogP contribution in [0.1, 0.15) is 96.3 Å². The normalized spacial score (nSPS) is 26.2. The van der Waals surface area contributed by atoms with Crippen LogP contribution in [0.5, 0.6) is 5.75 Å². The quantitative estimate of drug-likeness (QED) is 0.209. The number of carboxylic acid groups (broad SMARTS) is 1. The first-order valence-electron chi connectivity index (χ1n) is 16.3. The molecule has 0 saturated heterocycles. The topological polar surface area (TPSA) is 80.7 Å². The Morgan fingerprint density at radius 1 is 1.00 bits per heavy atom. The van der Waals surface area contributed by atoms with Crippen LogP contribution in [0.25, 0.3) is 5.57 Å². The fourth-order valence-corrected chi connectivity index (χ4v) is 11.3. The van der Waals surface area contributed by atoms with E-state index in [2.05, 4.69) is 46.0 Å². The number of hydrogen-bond acceptors (Lipinski definition) is 4. The molecule has 7 heteroatoms. The van der Waals surface area contributed by atoms with Crippen LogP contribution >= 0.6 is 0 Å². The fraction of sp³-hybridized carbons (Fsp3) is 0.541. The van der Waals surface area contributed by atoms with Gasteiger partial charge in [0.1, 0.15) is 5.75 Å². The minimum Gasteiger partial charge on any atom is -0.546 e. The highest BCUT2D eigenvalue weighted by atomic mass is 32.2. The van der Waals surface area contributed by atoms with Crippen LogP contribution < -0.4 is 4.43 Å². The van der Waals surface area contributed by atoms with E-state index in [0.717, 1.165) is 40.7 Å². The van der Waals surface area contributed by atoms with Gasteiger partial charge in [0.2, 0.25) is 9.04 Å². The summed E-state index contributed by atoms with van der Waals surface area (Å²) in [5, 5.41) is 8.46. The molecule has 1 N–H and O–H groups in total. The van der Waals surface area contributed by atoms with Crippen molar-refractivity contribution in [1.82, 2.24) is 0 Å². The molecule has 6 rings (SSSR count). The smallest absolute Gasteiger partial charge is 0.328 e. The van der Waals surface area contributed by atoms with E-state index in [0.29, 0.717) is 5.57 Å². The number of rotatable bonds is 10. The van der Waals surface area contributed by atoms with Gasteiger partial charge in [-0.25, -0.2) is 13.2 Å². The van der Waals surface area contributed by atoms with Crippen molar-refractivity contribution >= 4 is 30.4 Å². The third-order valence-corrected chi connectivity index (χ3v) is 12.8. The fourth-order valence-electron chi connectivity index (χ4n) is 8.82. The third-order valence-electron chi connectivity index (χ3n) is 10.1. The van der Waals surface area contributed by atoms with Crippen LogP contribution in [0.4, 0.5) is 0 Å². The number of hydrogen-bond donors (Lipinski definition) is 1. The van der Waals surface area contributed by atoms with E-state index >= 15 is 0 Å². The Kier molecular flexibility index (Phi) is 9.14. The number of sulfone groups is 1. The summed E-state index contributed by atoms with van der Waals surface area (Å²) < 4.78 is 35.0. The first-order valence-corrected chi connectivity index (χ1v) is 20.6. The lowest BCUT2D eigenvalue weighted by Crippen LogP contribution is -2.49. The van der Waals surface area contributed by atoms with Gasteiger partial charge in [-0.15, -0.1) is 0 Å². The summed E-state index contributed by atoms with van der Waals surface area (Å²) in [4.78, 5) is 11.7. The summed E-state index contributed by atoms with van der Waals surface area (Å²) in [6.45, 7) is 15.0. The van der Waals surface area contributed by atoms with E-state index in [1.807, 2.05) is 13.0 Å². The Morgan fingerprint density at radius 2 is 1.57 bits per heavy atom. The van der Waals surface area contributed by atoms with Gasteiger partial charge in [0.25, 0.3) is 0 Å². The molecule has 4 saturated carbocycles. The molecule has 0 heterocycles. The maximum atomic E-state index is 14.0. The van der Waals surface area contributed by atoms with Gasteiger partial charge in [-0.3, -0.25) is 0 Å². The van der Waals surface area contributed by atoms with Gasteiger partial charge in [0.15, 0.2) is 9.84 Å². The molecule has 0 aliphatic heterocycles. The second-order valence-corrected chi connectivity index (χ2v) is 19.8. The molecule has 44 heavy (non-hydrogen) atoms. The number of aliphatic carboxylic acids is 1. The lowest BCUT2D eigenvalue weighted by Gasteiger charge is -2.58. The van der Waals surface area contributed by atoms with Crippen molar-refractivity contribution < 1.29 is 22.7 Å². The minimum atomic E-state index is -3.79. The molecule has 0 spiro atoms. The summed E-state index contributed by atoms with van der Waals surface area (Å²) in [7, 11) is -5.34. The van der Waals surface area contributed by atoms with Crippen LogP contribution in [0, 0.1) is 17.8 Å². The molecule has 0 radical (unpaired) electrons. The molecule has 4 aliphatic carbocycles. The van der Waals surface area contributed by atoms with Crippen molar-refractivity contribution in [1.29, 1.82) is 0 Å². The van der Waals surface area contributed by atoms with Crippen molar-refractivity contribution in [2.24, 2.45) is 17.8 Å². The lowest BCUT2D eigenvalue weighted by atomic mass is 9.47. The zero-order valence-corrected chi connectivity index (χ0v) is 29.5. The summed E-state index contributed by atoms with van der Waals surface area (Å²) in [6.07, 6.45) is 10.8. The Labute approximate surface area is 266 Å². The van der Waals surface area contributed by atoms with Crippen molar-refractivity contribution in [2.75, 3.05) is 0 Å². The van der Waals surface area contributed by atoms with E-state index < -0.39 is 30.1 Å². The molecule has 238 valence electrons. The van der Waals surface area contributed by atoms with Gasteiger partial charge in [-0.2, -0.15) is 0 Å². The van der Waals surface area contributed by atoms with Gasteiger partial charge in [0, 0.05) is 22.6 Å². The molecule has 4 aliphatic rings.